The Morgan fingerprint density at radius 1 is 0.529 bits per heavy atom. The topological polar surface area (TPSA) is 25.8 Å². The molecular weight excluding hydrogens is 617 g/mol. The fourth-order valence-electron chi connectivity index (χ4n) is 12.4. The first-order valence-electron chi connectivity index (χ1n) is 19.2. The summed E-state index contributed by atoms with van der Waals surface area (Å²) in [5.41, 5.74) is 18.4. The van der Waals surface area contributed by atoms with Crippen LogP contribution in [0, 0.1) is 23.7 Å². The third kappa shape index (κ3) is 3.59. The second kappa shape index (κ2) is 9.82. The maximum absolute atomic E-state index is 5.59. The van der Waals surface area contributed by atoms with Crippen LogP contribution < -0.4 is 0 Å². The Labute approximate surface area is 299 Å². The van der Waals surface area contributed by atoms with E-state index in [0.717, 1.165) is 45.2 Å². The molecule has 2 nitrogen and oxygen atoms in total. The van der Waals surface area contributed by atoms with Gasteiger partial charge in [-0.1, -0.05) is 123 Å². The van der Waals surface area contributed by atoms with E-state index in [1.165, 1.54) is 70.9 Å². The van der Waals surface area contributed by atoms with E-state index in [4.69, 9.17) is 9.97 Å². The molecule has 0 aliphatic heterocycles. The average molecular weight is 657 g/mol. The zero-order valence-corrected chi connectivity index (χ0v) is 29.3. The highest BCUT2D eigenvalue weighted by molar-refractivity contribution is 6.05. The van der Waals surface area contributed by atoms with Gasteiger partial charge in [-0.3, -0.25) is 0 Å². The lowest BCUT2D eigenvalue weighted by Crippen LogP contribution is -2.55. The van der Waals surface area contributed by atoms with Crippen LogP contribution in [-0.2, 0) is 10.8 Å². The highest BCUT2D eigenvalue weighted by atomic mass is 14.8. The monoisotopic (exact) mass is 656 g/mol. The highest BCUT2D eigenvalue weighted by Gasteiger charge is 2.63. The van der Waals surface area contributed by atoms with E-state index in [0.29, 0.717) is 11.8 Å². The third-order valence-corrected chi connectivity index (χ3v) is 14.2. The zero-order chi connectivity index (χ0) is 33.6. The van der Waals surface area contributed by atoms with Crippen LogP contribution in [0.25, 0.3) is 66.6 Å². The summed E-state index contributed by atoms with van der Waals surface area (Å²) in [6.45, 7) is 4.89. The first-order chi connectivity index (χ1) is 25.0. The normalized spacial score (nSPS) is 25.7. The molecule has 0 atom stereocenters. The summed E-state index contributed by atoms with van der Waals surface area (Å²) in [5, 5.41) is 2.36. The van der Waals surface area contributed by atoms with Crippen molar-refractivity contribution in [1.29, 1.82) is 0 Å². The third-order valence-electron chi connectivity index (χ3n) is 14.2. The number of fused-ring (bicyclic) bond motifs is 10. The molecule has 0 radical (unpaired) electrons. The minimum Gasteiger partial charge on any atom is -0.244 e. The molecule has 6 aliphatic carbocycles. The predicted octanol–water partition coefficient (Wildman–Crippen LogP) is 12.1. The van der Waals surface area contributed by atoms with Crippen molar-refractivity contribution in [2.24, 2.45) is 23.7 Å². The zero-order valence-electron chi connectivity index (χ0n) is 29.3. The van der Waals surface area contributed by atoms with Crippen molar-refractivity contribution in [3.8, 4) is 44.8 Å². The van der Waals surface area contributed by atoms with Crippen molar-refractivity contribution >= 4 is 21.8 Å². The van der Waals surface area contributed by atoms with E-state index < -0.39 is 0 Å². The van der Waals surface area contributed by atoms with Gasteiger partial charge in [0.1, 0.15) is 0 Å². The minimum absolute atomic E-state index is 0.0119. The predicted molar refractivity (Wildman–Crippen MR) is 209 cm³/mol. The molecule has 0 amide bonds. The van der Waals surface area contributed by atoms with Gasteiger partial charge in [0.2, 0.25) is 0 Å². The Kier molecular flexibility index (Phi) is 5.51. The van der Waals surface area contributed by atoms with Crippen LogP contribution in [0.2, 0.25) is 0 Å². The van der Waals surface area contributed by atoms with E-state index in [1.54, 1.807) is 16.7 Å². The lowest BCUT2D eigenvalue weighted by Gasteiger charge is -2.61. The number of aromatic nitrogens is 2. The van der Waals surface area contributed by atoms with Crippen LogP contribution in [0.3, 0.4) is 0 Å². The van der Waals surface area contributed by atoms with Gasteiger partial charge in [-0.25, -0.2) is 9.97 Å². The first kappa shape index (κ1) is 28.6. The molecule has 1 heterocycles. The van der Waals surface area contributed by atoms with Gasteiger partial charge >= 0.3 is 0 Å². The second-order valence-electron chi connectivity index (χ2n) is 17.0. The number of nitrogens with zero attached hydrogens (tertiary/aromatic N) is 2. The van der Waals surface area contributed by atoms with Crippen LogP contribution in [0.1, 0.15) is 68.2 Å². The Morgan fingerprint density at radius 3 is 2.06 bits per heavy atom. The Bertz CT molecular complexity index is 2600. The van der Waals surface area contributed by atoms with Gasteiger partial charge < -0.3 is 0 Å². The quantitative estimate of drug-likeness (QED) is 0.173. The molecule has 1 aromatic heterocycles. The van der Waals surface area contributed by atoms with Crippen LogP contribution in [-0.4, -0.2) is 9.97 Å². The molecule has 0 saturated heterocycles. The molecule has 4 saturated carbocycles. The standard InChI is InChI=1S/C49H40N2/c1-48(2)39-15-9-8-14-38(39)43-40(48)20-19-37-36-18-16-32(27-41(36)49(44(37)43)33-23-28-22-29(25-33)26-34(49)24-28)46-45(31-11-4-3-5-12-31)50-42-21-17-30-10-6-7-13-35(30)47(42)51-46/h3-21,27-29,33-34H,22-26H2,1-2H3. The smallest absolute Gasteiger partial charge is 0.0973 e. The van der Waals surface area contributed by atoms with Crippen molar-refractivity contribution in [2.45, 2.75) is 56.8 Å². The molecule has 6 aromatic carbocycles. The second-order valence-corrected chi connectivity index (χ2v) is 17.0. The Morgan fingerprint density at radius 2 is 1.24 bits per heavy atom. The van der Waals surface area contributed by atoms with E-state index in [2.05, 4.69) is 135 Å². The summed E-state index contributed by atoms with van der Waals surface area (Å²) < 4.78 is 0. The molecular formula is C49H40N2. The molecule has 0 unspecified atom stereocenters. The van der Waals surface area contributed by atoms with E-state index in [9.17, 15) is 0 Å². The van der Waals surface area contributed by atoms with Gasteiger partial charge in [0.15, 0.2) is 0 Å². The maximum Gasteiger partial charge on any atom is 0.0973 e. The van der Waals surface area contributed by atoms with Gasteiger partial charge in [-0.2, -0.15) is 0 Å². The van der Waals surface area contributed by atoms with Gasteiger partial charge in [-0.15, -0.1) is 0 Å². The van der Waals surface area contributed by atoms with Crippen molar-refractivity contribution in [2.75, 3.05) is 0 Å². The van der Waals surface area contributed by atoms with Crippen molar-refractivity contribution in [3.05, 3.63) is 144 Å². The molecule has 51 heavy (non-hydrogen) atoms. The van der Waals surface area contributed by atoms with Crippen molar-refractivity contribution in [3.63, 3.8) is 0 Å². The Balaban J connectivity index is 1.16. The van der Waals surface area contributed by atoms with Crippen LogP contribution in [0.4, 0.5) is 0 Å². The minimum atomic E-state index is -0.0119. The summed E-state index contributed by atoms with van der Waals surface area (Å²) >= 11 is 0. The van der Waals surface area contributed by atoms with Gasteiger partial charge in [-0.05, 0) is 118 Å². The van der Waals surface area contributed by atoms with E-state index in [-0.39, 0.29) is 10.8 Å². The summed E-state index contributed by atoms with van der Waals surface area (Å²) in [5.74, 6) is 3.12. The highest BCUT2D eigenvalue weighted by Crippen LogP contribution is 2.72. The van der Waals surface area contributed by atoms with E-state index in [1.807, 2.05) is 0 Å². The summed E-state index contributed by atoms with van der Waals surface area (Å²) in [4.78, 5) is 11.0. The molecule has 13 rings (SSSR count). The largest absolute Gasteiger partial charge is 0.244 e. The van der Waals surface area contributed by atoms with Crippen LogP contribution >= 0.6 is 0 Å². The number of benzene rings is 6. The summed E-state index contributed by atoms with van der Waals surface area (Å²) in [6, 6.07) is 45.4. The molecule has 4 fully saturated rings. The van der Waals surface area contributed by atoms with Crippen molar-refractivity contribution in [1.82, 2.24) is 9.97 Å². The fourth-order valence-corrected chi connectivity index (χ4v) is 12.4. The number of rotatable bonds is 2. The lowest BCUT2D eigenvalue weighted by molar-refractivity contribution is -0.0397. The van der Waals surface area contributed by atoms with Gasteiger partial charge in [0.05, 0.1) is 22.4 Å². The number of hydrogen-bond acceptors (Lipinski definition) is 2. The molecule has 1 spiro atoms. The summed E-state index contributed by atoms with van der Waals surface area (Å²) in [7, 11) is 0. The number of hydrogen-bond donors (Lipinski definition) is 0. The fraction of sp³-hybridized carbons (Fsp3) is 0.265. The molecule has 2 heteroatoms. The van der Waals surface area contributed by atoms with Crippen LogP contribution in [0.15, 0.2) is 121 Å². The average Bonchev–Trinajstić information content (AvgIpc) is 3.59. The van der Waals surface area contributed by atoms with Crippen LogP contribution in [0.5, 0.6) is 0 Å². The van der Waals surface area contributed by atoms with Gasteiger partial charge in [0.25, 0.3) is 0 Å². The van der Waals surface area contributed by atoms with Gasteiger partial charge in [0, 0.05) is 27.3 Å². The lowest BCUT2D eigenvalue weighted by atomic mass is 9.42. The molecule has 7 aromatic rings. The Hall–Kier alpha value is -5.08. The maximum atomic E-state index is 5.59. The first-order valence-corrected chi connectivity index (χ1v) is 19.2. The van der Waals surface area contributed by atoms with E-state index >= 15 is 0 Å². The SMILES string of the molecule is CC1(C)c2ccccc2-c2c1ccc1c2C2(c3cc(-c4nc5c(ccc6ccccc65)nc4-c4ccccc4)ccc3-1)C1CC3CC(C1)CC2C3. The molecule has 246 valence electrons. The molecule has 6 aliphatic rings. The molecule has 4 bridgehead atoms. The summed E-state index contributed by atoms with van der Waals surface area (Å²) in [6.07, 6.45) is 6.90. The molecule has 0 N–H and O–H groups in total. The van der Waals surface area contributed by atoms with Crippen molar-refractivity contribution < 1.29 is 0 Å².